The topological polar surface area (TPSA) is 111 Å². The van der Waals surface area contributed by atoms with E-state index in [1.54, 1.807) is 25.6 Å². The van der Waals surface area contributed by atoms with Gasteiger partial charge in [-0.15, -0.1) is 0 Å². The summed E-state index contributed by atoms with van der Waals surface area (Å²) in [5.74, 6) is 0.0715. The third-order valence-corrected chi connectivity index (χ3v) is 6.10. The highest BCUT2D eigenvalue weighted by molar-refractivity contribution is 5.96. The van der Waals surface area contributed by atoms with E-state index in [2.05, 4.69) is 20.4 Å². The first kappa shape index (κ1) is 23.3. The van der Waals surface area contributed by atoms with Crippen molar-refractivity contribution in [3.63, 3.8) is 0 Å². The Balaban J connectivity index is 1.52. The summed E-state index contributed by atoms with van der Waals surface area (Å²) in [6.45, 7) is 1.90. The smallest absolute Gasteiger partial charge is 0.274 e. The molecule has 0 aliphatic rings. The van der Waals surface area contributed by atoms with Gasteiger partial charge < -0.3 is 19.8 Å². The summed E-state index contributed by atoms with van der Waals surface area (Å²) < 4.78 is 11.9. The monoisotopic (exact) mass is 483 g/mol. The highest BCUT2D eigenvalue weighted by atomic mass is 16.5. The standard InChI is InChI=1S/C27H25N5O4/c1-16(20-10-11-23(36-3)28-13-20)29-26(33)24-21(15-35-2)25-27(34)30-22(14-32(25)31-24)19-9-8-17-6-4-5-7-18(17)12-19/h4-14,16H,15H2,1-3H3,(H,29,33)(H,30,34)/t16-/m1/s1. The van der Waals surface area contributed by atoms with E-state index >= 15 is 0 Å². The predicted molar refractivity (Wildman–Crippen MR) is 136 cm³/mol. The maximum Gasteiger partial charge on any atom is 0.274 e. The van der Waals surface area contributed by atoms with Gasteiger partial charge in [0.15, 0.2) is 5.69 Å². The summed E-state index contributed by atoms with van der Waals surface area (Å²) in [5, 5.41) is 9.57. The molecule has 0 unspecified atom stereocenters. The number of pyridine rings is 1. The van der Waals surface area contributed by atoms with Crippen molar-refractivity contribution in [1.82, 2.24) is 24.9 Å². The molecule has 0 fully saturated rings. The first-order chi connectivity index (χ1) is 17.5. The van der Waals surface area contributed by atoms with Crippen LogP contribution >= 0.6 is 0 Å². The number of nitrogens with one attached hydrogen (secondary N) is 2. The van der Waals surface area contributed by atoms with Crippen LogP contribution in [0.25, 0.3) is 27.5 Å². The van der Waals surface area contributed by atoms with E-state index in [-0.39, 0.29) is 29.4 Å². The molecule has 0 saturated heterocycles. The summed E-state index contributed by atoms with van der Waals surface area (Å²) in [4.78, 5) is 33.5. The molecule has 0 aliphatic carbocycles. The summed E-state index contributed by atoms with van der Waals surface area (Å²) in [6.07, 6.45) is 3.36. The van der Waals surface area contributed by atoms with Crippen molar-refractivity contribution in [2.75, 3.05) is 14.2 Å². The van der Waals surface area contributed by atoms with Gasteiger partial charge in [-0.1, -0.05) is 42.5 Å². The fourth-order valence-electron chi connectivity index (χ4n) is 4.22. The number of hydrogen-bond donors (Lipinski definition) is 2. The van der Waals surface area contributed by atoms with Gasteiger partial charge in [0.25, 0.3) is 11.5 Å². The SMILES string of the molecule is COCc1c(C(=O)N[C@H](C)c2ccc(OC)nc2)nn2cc(-c3ccc4ccccc4c3)[nH]c(=O)c12. The molecule has 9 heteroatoms. The largest absolute Gasteiger partial charge is 0.481 e. The molecule has 0 saturated carbocycles. The van der Waals surface area contributed by atoms with E-state index in [4.69, 9.17) is 9.47 Å². The number of H-pyrrole nitrogens is 1. The number of benzene rings is 2. The highest BCUT2D eigenvalue weighted by Crippen LogP contribution is 2.24. The van der Waals surface area contributed by atoms with Crippen LogP contribution in [0.4, 0.5) is 0 Å². The molecule has 5 aromatic rings. The van der Waals surface area contributed by atoms with Crippen molar-refractivity contribution in [2.45, 2.75) is 19.6 Å². The zero-order valence-electron chi connectivity index (χ0n) is 20.1. The number of amides is 1. The molecule has 0 radical (unpaired) electrons. The van der Waals surface area contributed by atoms with Crippen LogP contribution in [0.3, 0.4) is 0 Å². The Morgan fingerprint density at radius 3 is 2.64 bits per heavy atom. The van der Waals surface area contributed by atoms with Crippen molar-refractivity contribution >= 4 is 22.2 Å². The molecular weight excluding hydrogens is 458 g/mol. The molecule has 0 bridgehead atoms. The maximum absolute atomic E-state index is 13.2. The van der Waals surface area contributed by atoms with Gasteiger partial charge in [-0.25, -0.2) is 9.50 Å². The van der Waals surface area contributed by atoms with Gasteiger partial charge in [-0.05, 0) is 29.3 Å². The summed E-state index contributed by atoms with van der Waals surface area (Å²) >= 11 is 0. The lowest BCUT2D eigenvalue weighted by atomic mass is 10.1. The Morgan fingerprint density at radius 2 is 1.92 bits per heavy atom. The van der Waals surface area contributed by atoms with E-state index in [1.807, 2.05) is 55.5 Å². The third-order valence-electron chi connectivity index (χ3n) is 6.10. The van der Waals surface area contributed by atoms with Crippen molar-refractivity contribution in [2.24, 2.45) is 0 Å². The van der Waals surface area contributed by atoms with Gasteiger partial charge >= 0.3 is 0 Å². The molecule has 182 valence electrons. The summed E-state index contributed by atoms with van der Waals surface area (Å²) in [5.41, 5.74) is 2.69. The first-order valence-corrected chi connectivity index (χ1v) is 11.4. The zero-order valence-corrected chi connectivity index (χ0v) is 20.1. The molecule has 3 aromatic heterocycles. The number of fused-ring (bicyclic) bond motifs is 2. The predicted octanol–water partition coefficient (Wildman–Crippen LogP) is 3.88. The van der Waals surface area contributed by atoms with Crippen LogP contribution < -0.4 is 15.6 Å². The van der Waals surface area contributed by atoms with Gasteiger partial charge in [-0.3, -0.25) is 9.59 Å². The van der Waals surface area contributed by atoms with Gasteiger partial charge in [0.05, 0.1) is 31.6 Å². The number of methoxy groups -OCH3 is 2. The lowest BCUT2D eigenvalue weighted by molar-refractivity contribution is 0.0929. The fraction of sp³-hybridized carbons (Fsp3) is 0.185. The van der Waals surface area contributed by atoms with Crippen molar-refractivity contribution in [1.29, 1.82) is 0 Å². The number of hydrogen-bond acceptors (Lipinski definition) is 6. The summed E-state index contributed by atoms with van der Waals surface area (Å²) in [6, 6.07) is 17.2. The molecule has 3 heterocycles. The number of aromatic nitrogens is 4. The van der Waals surface area contributed by atoms with E-state index in [1.165, 1.54) is 11.6 Å². The van der Waals surface area contributed by atoms with Gasteiger partial charge in [0, 0.05) is 30.5 Å². The average molecular weight is 484 g/mol. The number of rotatable bonds is 7. The Kier molecular flexibility index (Phi) is 6.22. The lowest BCUT2D eigenvalue weighted by Gasteiger charge is -2.14. The van der Waals surface area contributed by atoms with Gasteiger partial charge in [0.2, 0.25) is 5.88 Å². The second-order valence-electron chi connectivity index (χ2n) is 8.44. The number of carbonyl (C=O) groups is 1. The average Bonchev–Trinajstić information content (AvgIpc) is 3.27. The first-order valence-electron chi connectivity index (χ1n) is 11.4. The minimum absolute atomic E-state index is 0.0587. The number of aromatic amines is 1. The Hall–Kier alpha value is -4.50. The molecule has 1 atom stereocenters. The van der Waals surface area contributed by atoms with Crippen LogP contribution in [-0.4, -0.2) is 39.7 Å². The summed E-state index contributed by atoms with van der Waals surface area (Å²) in [7, 11) is 3.05. The minimum Gasteiger partial charge on any atom is -0.481 e. The van der Waals surface area contributed by atoms with Gasteiger partial charge in [-0.2, -0.15) is 5.10 Å². The second kappa shape index (κ2) is 9.63. The van der Waals surface area contributed by atoms with Crippen LogP contribution in [-0.2, 0) is 11.3 Å². The van der Waals surface area contributed by atoms with Crippen molar-refractivity contribution in [3.05, 3.63) is 94.2 Å². The van der Waals surface area contributed by atoms with Crippen LogP contribution in [0.15, 0.2) is 71.8 Å². The lowest BCUT2D eigenvalue weighted by Crippen LogP contribution is -2.28. The van der Waals surface area contributed by atoms with Crippen LogP contribution in [0.5, 0.6) is 5.88 Å². The molecule has 0 aliphatic heterocycles. The third kappa shape index (κ3) is 4.32. The molecule has 2 N–H and O–H groups in total. The molecule has 0 spiro atoms. The molecule has 2 aromatic carbocycles. The van der Waals surface area contributed by atoms with Crippen LogP contribution in [0, 0.1) is 0 Å². The van der Waals surface area contributed by atoms with Crippen molar-refractivity contribution < 1.29 is 14.3 Å². The normalized spacial score (nSPS) is 12.1. The highest BCUT2D eigenvalue weighted by Gasteiger charge is 2.23. The molecule has 36 heavy (non-hydrogen) atoms. The molecular formula is C27H25N5O4. The van der Waals surface area contributed by atoms with Crippen LogP contribution in [0.2, 0.25) is 0 Å². The molecule has 9 nitrogen and oxygen atoms in total. The quantitative estimate of drug-likeness (QED) is 0.363. The maximum atomic E-state index is 13.2. The van der Waals surface area contributed by atoms with E-state index in [0.29, 0.717) is 17.1 Å². The van der Waals surface area contributed by atoms with E-state index in [9.17, 15) is 9.59 Å². The number of ether oxygens (including phenoxy) is 2. The number of nitrogens with zero attached hydrogens (tertiary/aromatic N) is 3. The molecule has 5 rings (SSSR count). The van der Waals surface area contributed by atoms with Gasteiger partial charge in [0.1, 0.15) is 5.52 Å². The Bertz CT molecular complexity index is 1620. The zero-order chi connectivity index (χ0) is 25.2. The Morgan fingerprint density at radius 1 is 1.11 bits per heavy atom. The van der Waals surface area contributed by atoms with Crippen LogP contribution in [0.1, 0.15) is 34.6 Å². The van der Waals surface area contributed by atoms with Crippen molar-refractivity contribution in [3.8, 4) is 17.1 Å². The van der Waals surface area contributed by atoms with E-state index < -0.39 is 5.91 Å². The molecule has 1 amide bonds. The number of carbonyl (C=O) groups excluding carboxylic acids is 1. The second-order valence-corrected chi connectivity index (χ2v) is 8.44. The Labute approximate surface area is 206 Å². The fourth-order valence-corrected chi connectivity index (χ4v) is 4.22. The minimum atomic E-state index is -0.416. The van der Waals surface area contributed by atoms with E-state index in [0.717, 1.165) is 21.9 Å².